The second-order valence-electron chi connectivity index (χ2n) is 5.53. The molecule has 0 bridgehead atoms. The standard InChI is InChI=1S/C14H21N/c1-5-15-10-11-8-6-7-9-12(11)13(15)14(2,3)4/h6-9,13H,5,10H2,1-4H3. The maximum Gasteiger partial charge on any atom is 0.0403 e. The quantitative estimate of drug-likeness (QED) is 0.674. The smallest absolute Gasteiger partial charge is 0.0403 e. The lowest BCUT2D eigenvalue weighted by atomic mass is 9.82. The van der Waals surface area contributed by atoms with Crippen molar-refractivity contribution in [2.24, 2.45) is 5.41 Å². The third-order valence-electron chi connectivity index (χ3n) is 3.31. The predicted molar refractivity (Wildman–Crippen MR) is 64.7 cm³/mol. The monoisotopic (exact) mass is 203 g/mol. The van der Waals surface area contributed by atoms with Crippen molar-refractivity contribution in [1.29, 1.82) is 0 Å². The molecule has 1 atom stereocenters. The average Bonchev–Trinajstić information content (AvgIpc) is 2.54. The highest BCUT2D eigenvalue weighted by Crippen LogP contribution is 2.44. The molecule has 1 aromatic rings. The van der Waals surface area contributed by atoms with Crippen molar-refractivity contribution in [3.8, 4) is 0 Å². The molecule has 0 aliphatic carbocycles. The van der Waals surface area contributed by atoms with E-state index in [1.165, 1.54) is 11.1 Å². The van der Waals surface area contributed by atoms with Gasteiger partial charge >= 0.3 is 0 Å². The van der Waals surface area contributed by atoms with Crippen LogP contribution in [0.4, 0.5) is 0 Å². The van der Waals surface area contributed by atoms with E-state index in [0.29, 0.717) is 11.5 Å². The molecule has 15 heavy (non-hydrogen) atoms. The number of benzene rings is 1. The Kier molecular flexibility index (Phi) is 2.59. The zero-order valence-electron chi connectivity index (χ0n) is 10.2. The fourth-order valence-corrected chi connectivity index (χ4v) is 2.76. The van der Waals surface area contributed by atoms with E-state index in [9.17, 15) is 0 Å². The topological polar surface area (TPSA) is 3.24 Å². The third-order valence-corrected chi connectivity index (χ3v) is 3.31. The lowest BCUT2D eigenvalue weighted by Gasteiger charge is -2.35. The molecule has 2 rings (SSSR count). The molecule has 1 heterocycles. The van der Waals surface area contributed by atoms with E-state index in [0.717, 1.165) is 13.1 Å². The molecule has 1 aliphatic heterocycles. The molecular weight excluding hydrogens is 182 g/mol. The van der Waals surface area contributed by atoms with Gasteiger partial charge in [0.2, 0.25) is 0 Å². The predicted octanol–water partition coefficient (Wildman–Crippen LogP) is 3.61. The van der Waals surface area contributed by atoms with Crippen LogP contribution in [0.1, 0.15) is 44.9 Å². The molecule has 0 fully saturated rings. The Balaban J connectivity index is 2.43. The Labute approximate surface area is 93.1 Å². The van der Waals surface area contributed by atoms with E-state index in [1.807, 2.05) is 0 Å². The zero-order chi connectivity index (χ0) is 11.1. The van der Waals surface area contributed by atoms with Crippen LogP contribution in [0.5, 0.6) is 0 Å². The van der Waals surface area contributed by atoms with Crippen LogP contribution in [0, 0.1) is 5.41 Å². The van der Waals surface area contributed by atoms with E-state index in [4.69, 9.17) is 0 Å². The van der Waals surface area contributed by atoms with Crippen LogP contribution >= 0.6 is 0 Å². The van der Waals surface area contributed by atoms with Gasteiger partial charge in [0.1, 0.15) is 0 Å². The highest BCUT2D eigenvalue weighted by Gasteiger charge is 2.36. The Morgan fingerprint density at radius 2 is 1.93 bits per heavy atom. The van der Waals surface area contributed by atoms with Crippen molar-refractivity contribution in [1.82, 2.24) is 4.90 Å². The van der Waals surface area contributed by atoms with Crippen LogP contribution in [0.3, 0.4) is 0 Å². The van der Waals surface area contributed by atoms with E-state index in [1.54, 1.807) is 0 Å². The summed E-state index contributed by atoms with van der Waals surface area (Å²) in [7, 11) is 0. The van der Waals surface area contributed by atoms with E-state index in [2.05, 4.69) is 56.9 Å². The molecule has 0 aromatic heterocycles. The van der Waals surface area contributed by atoms with Crippen LogP contribution in [0.15, 0.2) is 24.3 Å². The molecule has 0 amide bonds. The number of hydrogen-bond donors (Lipinski definition) is 0. The molecule has 1 aliphatic rings. The average molecular weight is 203 g/mol. The second-order valence-corrected chi connectivity index (χ2v) is 5.53. The summed E-state index contributed by atoms with van der Waals surface area (Å²) in [5.41, 5.74) is 3.37. The molecule has 0 saturated heterocycles. The van der Waals surface area contributed by atoms with Crippen LogP contribution < -0.4 is 0 Å². The minimum atomic E-state index is 0.322. The summed E-state index contributed by atoms with van der Waals surface area (Å²) >= 11 is 0. The first-order valence-electron chi connectivity index (χ1n) is 5.86. The van der Waals surface area contributed by atoms with Gasteiger partial charge in [0.25, 0.3) is 0 Å². The molecule has 0 radical (unpaired) electrons. The Bertz CT molecular complexity index is 349. The summed E-state index contributed by atoms with van der Waals surface area (Å²) in [6.45, 7) is 11.5. The Hall–Kier alpha value is -0.820. The molecule has 1 heteroatoms. The molecule has 82 valence electrons. The summed E-state index contributed by atoms with van der Waals surface area (Å²) in [5, 5.41) is 0. The van der Waals surface area contributed by atoms with E-state index < -0.39 is 0 Å². The SMILES string of the molecule is CCN1Cc2ccccc2C1C(C)(C)C. The molecular formula is C14H21N. The Morgan fingerprint density at radius 3 is 2.53 bits per heavy atom. The second kappa shape index (κ2) is 3.64. The van der Waals surface area contributed by atoms with E-state index >= 15 is 0 Å². The zero-order valence-corrected chi connectivity index (χ0v) is 10.2. The highest BCUT2D eigenvalue weighted by molar-refractivity contribution is 5.35. The first kappa shape index (κ1) is 10.7. The lowest BCUT2D eigenvalue weighted by Crippen LogP contribution is -2.31. The van der Waals surface area contributed by atoms with Gasteiger partial charge in [-0.2, -0.15) is 0 Å². The molecule has 0 spiro atoms. The third kappa shape index (κ3) is 1.81. The summed E-state index contributed by atoms with van der Waals surface area (Å²) in [6, 6.07) is 9.46. The van der Waals surface area contributed by atoms with Gasteiger partial charge in [-0.3, -0.25) is 4.90 Å². The first-order valence-corrected chi connectivity index (χ1v) is 5.86. The van der Waals surface area contributed by atoms with Crippen LogP contribution in [-0.2, 0) is 6.54 Å². The summed E-state index contributed by atoms with van der Waals surface area (Å²) < 4.78 is 0. The van der Waals surface area contributed by atoms with Crippen LogP contribution in [-0.4, -0.2) is 11.4 Å². The van der Waals surface area contributed by atoms with E-state index in [-0.39, 0.29) is 0 Å². The number of nitrogens with zero attached hydrogens (tertiary/aromatic N) is 1. The van der Waals surface area contributed by atoms with Crippen molar-refractivity contribution in [3.63, 3.8) is 0 Å². The fourth-order valence-electron chi connectivity index (χ4n) is 2.76. The van der Waals surface area contributed by atoms with Gasteiger partial charge in [-0.25, -0.2) is 0 Å². The Morgan fingerprint density at radius 1 is 1.27 bits per heavy atom. The maximum absolute atomic E-state index is 2.57. The van der Waals surface area contributed by atoms with Crippen molar-refractivity contribution in [2.75, 3.05) is 6.54 Å². The van der Waals surface area contributed by atoms with Gasteiger partial charge in [-0.15, -0.1) is 0 Å². The van der Waals surface area contributed by atoms with Gasteiger partial charge < -0.3 is 0 Å². The largest absolute Gasteiger partial charge is 0.292 e. The molecule has 1 aromatic carbocycles. The van der Waals surface area contributed by atoms with Gasteiger partial charge in [0.15, 0.2) is 0 Å². The van der Waals surface area contributed by atoms with Crippen LogP contribution in [0.25, 0.3) is 0 Å². The minimum absolute atomic E-state index is 0.322. The summed E-state index contributed by atoms with van der Waals surface area (Å²) in [4.78, 5) is 2.57. The summed E-state index contributed by atoms with van der Waals surface area (Å²) in [6.07, 6.45) is 0. The van der Waals surface area contributed by atoms with Crippen molar-refractivity contribution in [2.45, 2.75) is 40.3 Å². The van der Waals surface area contributed by atoms with Gasteiger partial charge in [-0.1, -0.05) is 52.0 Å². The van der Waals surface area contributed by atoms with Gasteiger partial charge in [-0.05, 0) is 23.1 Å². The minimum Gasteiger partial charge on any atom is -0.292 e. The van der Waals surface area contributed by atoms with Gasteiger partial charge in [0.05, 0.1) is 0 Å². The lowest BCUT2D eigenvalue weighted by molar-refractivity contribution is 0.119. The summed E-state index contributed by atoms with van der Waals surface area (Å²) in [5.74, 6) is 0. The normalized spacial score (nSPS) is 21.7. The first-order chi connectivity index (χ1) is 7.04. The van der Waals surface area contributed by atoms with Crippen LogP contribution in [0.2, 0.25) is 0 Å². The number of hydrogen-bond acceptors (Lipinski definition) is 1. The number of fused-ring (bicyclic) bond motifs is 1. The molecule has 1 nitrogen and oxygen atoms in total. The van der Waals surface area contributed by atoms with Crippen molar-refractivity contribution >= 4 is 0 Å². The molecule has 0 saturated carbocycles. The molecule has 1 unspecified atom stereocenters. The van der Waals surface area contributed by atoms with Gasteiger partial charge in [0, 0.05) is 12.6 Å². The fraction of sp³-hybridized carbons (Fsp3) is 0.571. The highest BCUT2D eigenvalue weighted by atomic mass is 15.2. The van der Waals surface area contributed by atoms with Crippen molar-refractivity contribution in [3.05, 3.63) is 35.4 Å². The molecule has 0 N–H and O–H groups in total. The maximum atomic E-state index is 2.57. The number of rotatable bonds is 1. The van der Waals surface area contributed by atoms with Crippen molar-refractivity contribution < 1.29 is 0 Å².